The smallest absolute Gasteiger partial charge is 0.248 e. The van der Waals surface area contributed by atoms with Crippen molar-refractivity contribution in [1.29, 1.82) is 0 Å². The topological polar surface area (TPSA) is 66.8 Å². The predicted octanol–water partition coefficient (Wildman–Crippen LogP) is 2.99. The van der Waals surface area contributed by atoms with Crippen molar-refractivity contribution in [2.45, 2.75) is 31.6 Å². The van der Waals surface area contributed by atoms with Crippen LogP contribution in [0.4, 0.5) is 5.69 Å². The van der Waals surface area contributed by atoms with Crippen molar-refractivity contribution >= 4 is 50.0 Å². The minimum atomic E-state index is -3.05. The first-order valence-electron chi connectivity index (χ1n) is 7.78. The van der Waals surface area contributed by atoms with E-state index in [2.05, 4.69) is 4.99 Å². The molecule has 0 spiro atoms. The number of aliphatic imine (C=N–C) groups is 1. The van der Waals surface area contributed by atoms with Crippen LogP contribution in [-0.4, -0.2) is 42.3 Å². The van der Waals surface area contributed by atoms with Crippen molar-refractivity contribution < 1.29 is 13.2 Å². The molecule has 0 bridgehead atoms. The molecular weight excluding hydrogens is 368 g/mol. The molecule has 5 nitrogen and oxygen atoms in total. The summed E-state index contributed by atoms with van der Waals surface area (Å²) in [5.41, 5.74) is 0.813. The molecule has 0 aromatic heterocycles. The van der Waals surface area contributed by atoms with Crippen molar-refractivity contribution in [3.05, 3.63) is 29.3 Å². The first-order valence-corrected chi connectivity index (χ1v) is 10.9. The van der Waals surface area contributed by atoms with Crippen LogP contribution >= 0.6 is 23.4 Å². The Bertz CT molecular complexity index is 775. The zero-order chi connectivity index (χ0) is 17.5. The number of sulfone groups is 1. The molecule has 2 aliphatic heterocycles. The van der Waals surface area contributed by atoms with Crippen molar-refractivity contribution in [2.24, 2.45) is 10.9 Å². The summed E-state index contributed by atoms with van der Waals surface area (Å²) in [5.74, 6) is 0.278. The minimum Gasteiger partial charge on any atom is -0.316 e. The van der Waals surface area contributed by atoms with Gasteiger partial charge in [-0.1, -0.05) is 37.2 Å². The van der Waals surface area contributed by atoms with Gasteiger partial charge in [0.25, 0.3) is 0 Å². The Morgan fingerprint density at radius 1 is 1.33 bits per heavy atom. The van der Waals surface area contributed by atoms with E-state index in [-0.39, 0.29) is 34.6 Å². The molecule has 130 valence electrons. The number of benzene rings is 1. The predicted molar refractivity (Wildman–Crippen MR) is 99.6 cm³/mol. The monoisotopic (exact) mass is 386 g/mol. The number of halogens is 1. The average molecular weight is 387 g/mol. The number of amidine groups is 1. The second kappa shape index (κ2) is 6.69. The lowest BCUT2D eigenvalue weighted by molar-refractivity contribution is -0.118. The van der Waals surface area contributed by atoms with E-state index in [1.54, 1.807) is 12.1 Å². The molecule has 0 N–H and O–H groups in total. The van der Waals surface area contributed by atoms with Crippen molar-refractivity contribution in [3.63, 3.8) is 0 Å². The maximum atomic E-state index is 12.1. The number of anilines is 1. The van der Waals surface area contributed by atoms with Gasteiger partial charge in [-0.2, -0.15) is 4.99 Å². The summed E-state index contributed by atoms with van der Waals surface area (Å²) < 4.78 is 24.0. The van der Waals surface area contributed by atoms with Crippen LogP contribution in [0.25, 0.3) is 0 Å². The molecule has 2 heterocycles. The standard InChI is InChI=1S/C16H19ClN2O3S2/c1-10(2)7-15(20)18-16-19(12-5-3-11(17)4-6-12)13-8-24(21,22)9-14(13)23-16/h3-6,10,13-14H,7-9H2,1-2H3/t13-,14+/m1/s1. The number of amides is 1. The summed E-state index contributed by atoms with van der Waals surface area (Å²) in [6, 6.07) is 6.99. The molecule has 0 unspecified atom stereocenters. The molecule has 0 saturated carbocycles. The second-order valence-electron chi connectivity index (χ2n) is 6.53. The number of fused-ring (bicyclic) bond motifs is 1. The highest BCUT2D eigenvalue weighted by atomic mass is 35.5. The Kier molecular flexibility index (Phi) is 4.95. The molecular formula is C16H19ClN2O3S2. The fraction of sp³-hybridized carbons (Fsp3) is 0.500. The highest BCUT2D eigenvalue weighted by Gasteiger charge is 2.49. The molecule has 8 heteroatoms. The number of hydrogen-bond acceptors (Lipinski definition) is 4. The highest BCUT2D eigenvalue weighted by Crippen LogP contribution is 2.41. The number of hydrogen-bond donors (Lipinski definition) is 0. The van der Waals surface area contributed by atoms with Crippen LogP contribution < -0.4 is 4.90 Å². The van der Waals surface area contributed by atoms with E-state index in [0.29, 0.717) is 16.6 Å². The molecule has 1 amide bonds. The van der Waals surface area contributed by atoms with Crippen molar-refractivity contribution in [2.75, 3.05) is 16.4 Å². The van der Waals surface area contributed by atoms with Gasteiger partial charge in [0, 0.05) is 22.4 Å². The van der Waals surface area contributed by atoms with Gasteiger partial charge in [0.1, 0.15) is 0 Å². The molecule has 2 saturated heterocycles. The zero-order valence-corrected chi connectivity index (χ0v) is 15.9. The van der Waals surface area contributed by atoms with Crippen LogP contribution in [-0.2, 0) is 14.6 Å². The molecule has 24 heavy (non-hydrogen) atoms. The van der Waals surface area contributed by atoms with Crippen molar-refractivity contribution in [3.8, 4) is 0 Å². The van der Waals surface area contributed by atoms with Gasteiger partial charge in [-0.15, -0.1) is 0 Å². The molecule has 1 aromatic rings. The lowest BCUT2D eigenvalue weighted by atomic mass is 10.1. The van der Waals surface area contributed by atoms with Gasteiger partial charge in [0.05, 0.1) is 17.5 Å². The van der Waals surface area contributed by atoms with E-state index in [1.165, 1.54) is 11.8 Å². The number of carbonyl (C=O) groups excluding carboxylic acids is 1. The van der Waals surface area contributed by atoms with Crippen LogP contribution in [0.15, 0.2) is 29.3 Å². The number of carbonyl (C=O) groups is 1. The normalized spacial score (nSPS) is 27.0. The summed E-state index contributed by atoms with van der Waals surface area (Å²) >= 11 is 7.34. The van der Waals surface area contributed by atoms with Gasteiger partial charge < -0.3 is 4.90 Å². The van der Waals surface area contributed by atoms with Crippen LogP contribution in [0.3, 0.4) is 0 Å². The molecule has 0 radical (unpaired) electrons. The third-order valence-electron chi connectivity index (χ3n) is 3.97. The SMILES string of the molecule is CC(C)CC(=O)N=C1S[C@H]2CS(=O)(=O)C[C@H]2N1c1ccc(Cl)cc1. The Morgan fingerprint density at radius 3 is 2.62 bits per heavy atom. The van der Waals surface area contributed by atoms with Crippen LogP contribution in [0.2, 0.25) is 5.02 Å². The minimum absolute atomic E-state index is 0.0868. The second-order valence-corrected chi connectivity index (χ2v) is 10.3. The zero-order valence-electron chi connectivity index (χ0n) is 13.5. The third kappa shape index (κ3) is 3.78. The first kappa shape index (κ1) is 17.8. The Morgan fingerprint density at radius 2 is 2.00 bits per heavy atom. The van der Waals surface area contributed by atoms with E-state index in [1.807, 2.05) is 30.9 Å². The van der Waals surface area contributed by atoms with E-state index >= 15 is 0 Å². The fourth-order valence-electron chi connectivity index (χ4n) is 2.97. The number of rotatable bonds is 3. The van der Waals surface area contributed by atoms with Gasteiger partial charge in [-0.3, -0.25) is 4.79 Å². The fourth-order valence-corrected chi connectivity index (χ4v) is 7.03. The molecule has 3 rings (SSSR count). The molecule has 2 atom stereocenters. The van der Waals surface area contributed by atoms with E-state index in [9.17, 15) is 13.2 Å². The van der Waals surface area contributed by atoms with Crippen LogP contribution in [0.1, 0.15) is 20.3 Å². The summed E-state index contributed by atoms with van der Waals surface area (Å²) in [5, 5.41) is 1.11. The Balaban J connectivity index is 1.95. The highest BCUT2D eigenvalue weighted by molar-refractivity contribution is 8.16. The summed E-state index contributed by atoms with van der Waals surface area (Å²) in [6.45, 7) is 3.94. The first-order chi connectivity index (χ1) is 11.2. The lowest BCUT2D eigenvalue weighted by Crippen LogP contribution is -2.37. The van der Waals surface area contributed by atoms with E-state index < -0.39 is 9.84 Å². The van der Waals surface area contributed by atoms with E-state index in [4.69, 9.17) is 11.6 Å². The average Bonchev–Trinajstić information content (AvgIpc) is 2.90. The van der Waals surface area contributed by atoms with Gasteiger partial charge in [-0.25, -0.2) is 8.42 Å². The summed E-state index contributed by atoms with van der Waals surface area (Å²) in [6.07, 6.45) is 0.381. The van der Waals surface area contributed by atoms with Gasteiger partial charge in [-0.05, 0) is 30.2 Å². The molecule has 2 fully saturated rings. The Hall–Kier alpha value is -1.05. The largest absolute Gasteiger partial charge is 0.316 e. The van der Waals surface area contributed by atoms with Gasteiger partial charge in [0.2, 0.25) is 5.91 Å². The number of thioether (sulfide) groups is 1. The van der Waals surface area contributed by atoms with E-state index in [0.717, 1.165) is 5.69 Å². The van der Waals surface area contributed by atoms with Gasteiger partial charge in [0.15, 0.2) is 15.0 Å². The molecule has 1 aromatic carbocycles. The summed E-state index contributed by atoms with van der Waals surface area (Å²) in [7, 11) is -3.05. The maximum absolute atomic E-state index is 12.1. The van der Waals surface area contributed by atoms with Gasteiger partial charge >= 0.3 is 0 Å². The number of nitrogens with zero attached hydrogens (tertiary/aromatic N) is 2. The van der Waals surface area contributed by atoms with Crippen LogP contribution in [0.5, 0.6) is 0 Å². The Labute approximate surface area is 151 Å². The maximum Gasteiger partial charge on any atom is 0.248 e. The quantitative estimate of drug-likeness (QED) is 0.798. The third-order valence-corrected chi connectivity index (χ3v) is 7.44. The van der Waals surface area contributed by atoms with Crippen LogP contribution in [0, 0.1) is 5.92 Å². The molecule has 2 aliphatic rings. The summed E-state index contributed by atoms with van der Waals surface area (Å²) in [4.78, 5) is 18.3. The van der Waals surface area contributed by atoms with Crippen molar-refractivity contribution in [1.82, 2.24) is 0 Å². The molecule has 0 aliphatic carbocycles. The lowest BCUT2D eigenvalue weighted by Gasteiger charge is -2.24.